The second-order valence-electron chi connectivity index (χ2n) is 5.19. The van der Waals surface area contributed by atoms with E-state index in [9.17, 15) is 0 Å². The molecule has 0 unspecified atom stereocenters. The Hall–Kier alpha value is -1.25. The van der Waals surface area contributed by atoms with Crippen molar-refractivity contribution in [3.05, 3.63) is 18.5 Å². The van der Waals surface area contributed by atoms with Crippen LogP contribution in [-0.2, 0) is 0 Å². The molecule has 0 amide bonds. The average Bonchev–Trinajstić information content (AvgIpc) is 2.29. The van der Waals surface area contributed by atoms with E-state index < -0.39 is 0 Å². The van der Waals surface area contributed by atoms with Crippen molar-refractivity contribution in [1.82, 2.24) is 4.98 Å². The molecule has 0 radical (unpaired) electrons. The van der Waals surface area contributed by atoms with Gasteiger partial charge in [-0.3, -0.25) is 4.98 Å². The second-order valence-corrected chi connectivity index (χ2v) is 5.19. The fourth-order valence-corrected chi connectivity index (χ4v) is 2.46. The summed E-state index contributed by atoms with van der Waals surface area (Å²) in [4.78, 5) is 3.99. The van der Waals surface area contributed by atoms with Crippen LogP contribution in [0.25, 0.3) is 0 Å². The highest BCUT2D eigenvalue weighted by molar-refractivity contribution is 5.64. The highest BCUT2D eigenvalue weighted by Crippen LogP contribution is 2.36. The second kappa shape index (κ2) is 4.73. The Morgan fingerprint density at radius 3 is 2.81 bits per heavy atom. The van der Waals surface area contributed by atoms with E-state index in [1.807, 2.05) is 6.07 Å². The van der Waals surface area contributed by atoms with Crippen molar-refractivity contribution >= 4 is 11.4 Å². The third-order valence-electron chi connectivity index (χ3n) is 3.62. The monoisotopic (exact) mass is 219 g/mol. The quantitative estimate of drug-likeness (QED) is 0.821. The van der Waals surface area contributed by atoms with Crippen molar-refractivity contribution in [2.24, 2.45) is 5.41 Å². The van der Waals surface area contributed by atoms with Crippen molar-refractivity contribution in [3.8, 4) is 0 Å². The van der Waals surface area contributed by atoms with Crippen LogP contribution >= 0.6 is 0 Å². The van der Waals surface area contributed by atoms with Crippen molar-refractivity contribution in [2.45, 2.75) is 39.0 Å². The number of nitrogens with one attached hydrogen (secondary N) is 1. The number of aromatic nitrogens is 1. The van der Waals surface area contributed by atoms with Crippen LogP contribution in [0.3, 0.4) is 0 Å². The first-order chi connectivity index (χ1) is 7.70. The molecule has 0 aliphatic heterocycles. The molecule has 16 heavy (non-hydrogen) atoms. The minimum Gasteiger partial charge on any atom is -0.396 e. The molecule has 1 saturated carbocycles. The molecule has 3 N–H and O–H groups in total. The molecule has 1 heterocycles. The van der Waals surface area contributed by atoms with Gasteiger partial charge in [0, 0.05) is 12.7 Å². The van der Waals surface area contributed by atoms with Crippen molar-refractivity contribution in [1.29, 1.82) is 0 Å². The van der Waals surface area contributed by atoms with Crippen molar-refractivity contribution in [3.63, 3.8) is 0 Å². The molecule has 2 rings (SSSR count). The lowest BCUT2D eigenvalue weighted by molar-refractivity contribution is 0.233. The van der Waals surface area contributed by atoms with E-state index >= 15 is 0 Å². The lowest BCUT2D eigenvalue weighted by Gasteiger charge is -2.34. The molecule has 1 aromatic heterocycles. The predicted octanol–water partition coefficient (Wildman–Crippen LogP) is 3.05. The fraction of sp³-hybridized carbons (Fsp3) is 0.615. The Bertz CT molecular complexity index is 343. The fourth-order valence-electron chi connectivity index (χ4n) is 2.46. The number of pyridine rings is 1. The summed E-state index contributed by atoms with van der Waals surface area (Å²) in [6.45, 7) is 3.39. The van der Waals surface area contributed by atoms with Gasteiger partial charge < -0.3 is 11.1 Å². The Balaban J connectivity index is 1.94. The number of nitrogens with zero attached hydrogens (tertiary/aromatic N) is 1. The summed E-state index contributed by atoms with van der Waals surface area (Å²) in [5, 5.41) is 3.46. The van der Waals surface area contributed by atoms with Gasteiger partial charge in [0.1, 0.15) is 0 Å². The molecule has 1 aliphatic carbocycles. The van der Waals surface area contributed by atoms with E-state index in [1.54, 1.807) is 12.4 Å². The topological polar surface area (TPSA) is 50.9 Å². The molecule has 1 fully saturated rings. The molecule has 0 atom stereocenters. The standard InChI is InChI=1S/C13H21N3/c1-13(6-3-2-4-7-13)10-16-12-5-8-15-9-11(12)14/h5,8-9H,2-4,6-7,10,14H2,1H3,(H,15,16). The van der Waals surface area contributed by atoms with Crippen molar-refractivity contribution < 1.29 is 0 Å². The highest BCUT2D eigenvalue weighted by Gasteiger charge is 2.26. The third kappa shape index (κ3) is 2.65. The van der Waals surface area contributed by atoms with Gasteiger partial charge in [-0.15, -0.1) is 0 Å². The summed E-state index contributed by atoms with van der Waals surface area (Å²) in [5.41, 5.74) is 8.05. The SMILES string of the molecule is CC1(CNc2ccncc2N)CCCCC1. The zero-order chi connectivity index (χ0) is 11.4. The maximum atomic E-state index is 5.85. The van der Waals surface area contributed by atoms with Gasteiger partial charge in [-0.05, 0) is 24.3 Å². The molecule has 0 spiro atoms. The number of anilines is 2. The van der Waals surface area contributed by atoms with Gasteiger partial charge in [0.25, 0.3) is 0 Å². The van der Waals surface area contributed by atoms with Gasteiger partial charge >= 0.3 is 0 Å². The molecule has 0 aromatic carbocycles. The van der Waals surface area contributed by atoms with Crippen LogP contribution in [-0.4, -0.2) is 11.5 Å². The zero-order valence-electron chi connectivity index (χ0n) is 10.00. The first kappa shape index (κ1) is 11.2. The Kier molecular flexibility index (Phi) is 3.32. The van der Waals surface area contributed by atoms with E-state index in [-0.39, 0.29) is 0 Å². The Labute approximate surface area is 97.5 Å². The summed E-state index contributed by atoms with van der Waals surface area (Å²) in [6, 6.07) is 1.95. The molecule has 0 saturated heterocycles. The van der Waals surface area contributed by atoms with Gasteiger partial charge in [0.15, 0.2) is 0 Å². The van der Waals surface area contributed by atoms with Crippen LogP contribution in [0.2, 0.25) is 0 Å². The van der Waals surface area contributed by atoms with E-state index in [1.165, 1.54) is 32.1 Å². The van der Waals surface area contributed by atoms with E-state index in [0.717, 1.165) is 17.9 Å². The molecule has 3 heteroatoms. The van der Waals surface area contributed by atoms with E-state index in [2.05, 4.69) is 17.2 Å². The average molecular weight is 219 g/mol. The molecule has 0 bridgehead atoms. The lowest BCUT2D eigenvalue weighted by Crippen LogP contribution is -2.29. The number of hydrogen-bond donors (Lipinski definition) is 2. The molecular weight excluding hydrogens is 198 g/mol. The molecular formula is C13H21N3. The van der Waals surface area contributed by atoms with Gasteiger partial charge in [-0.25, -0.2) is 0 Å². The Morgan fingerprint density at radius 2 is 2.12 bits per heavy atom. The van der Waals surface area contributed by atoms with Crippen LogP contribution in [0, 0.1) is 5.41 Å². The van der Waals surface area contributed by atoms with Gasteiger partial charge in [-0.1, -0.05) is 26.2 Å². The number of nitrogens with two attached hydrogens (primary N) is 1. The number of hydrogen-bond acceptors (Lipinski definition) is 3. The largest absolute Gasteiger partial charge is 0.396 e. The maximum Gasteiger partial charge on any atom is 0.0736 e. The van der Waals surface area contributed by atoms with Gasteiger partial charge in [0.05, 0.1) is 17.6 Å². The summed E-state index contributed by atoms with van der Waals surface area (Å²) < 4.78 is 0. The minimum absolute atomic E-state index is 0.438. The summed E-state index contributed by atoms with van der Waals surface area (Å²) in [6.07, 6.45) is 10.3. The summed E-state index contributed by atoms with van der Waals surface area (Å²) in [7, 11) is 0. The molecule has 1 aromatic rings. The van der Waals surface area contributed by atoms with E-state index in [0.29, 0.717) is 5.41 Å². The third-order valence-corrected chi connectivity index (χ3v) is 3.62. The predicted molar refractivity (Wildman–Crippen MR) is 68.3 cm³/mol. The maximum absolute atomic E-state index is 5.85. The van der Waals surface area contributed by atoms with Crippen LogP contribution in [0.1, 0.15) is 39.0 Å². The smallest absolute Gasteiger partial charge is 0.0736 e. The molecule has 3 nitrogen and oxygen atoms in total. The summed E-state index contributed by atoms with van der Waals surface area (Å²) >= 11 is 0. The van der Waals surface area contributed by atoms with Gasteiger partial charge in [-0.2, -0.15) is 0 Å². The van der Waals surface area contributed by atoms with Crippen LogP contribution in [0.5, 0.6) is 0 Å². The van der Waals surface area contributed by atoms with Crippen LogP contribution in [0.4, 0.5) is 11.4 Å². The number of rotatable bonds is 3. The Morgan fingerprint density at radius 1 is 1.38 bits per heavy atom. The summed E-state index contributed by atoms with van der Waals surface area (Å²) in [5.74, 6) is 0. The number of nitrogen functional groups attached to an aromatic ring is 1. The first-order valence-corrected chi connectivity index (χ1v) is 6.13. The van der Waals surface area contributed by atoms with Gasteiger partial charge in [0.2, 0.25) is 0 Å². The molecule has 88 valence electrons. The zero-order valence-corrected chi connectivity index (χ0v) is 10.00. The first-order valence-electron chi connectivity index (χ1n) is 6.13. The highest BCUT2D eigenvalue weighted by atomic mass is 14.9. The van der Waals surface area contributed by atoms with E-state index in [4.69, 9.17) is 5.73 Å². The molecule has 1 aliphatic rings. The van der Waals surface area contributed by atoms with Crippen molar-refractivity contribution in [2.75, 3.05) is 17.6 Å². The van der Waals surface area contributed by atoms with Crippen LogP contribution < -0.4 is 11.1 Å². The minimum atomic E-state index is 0.438. The lowest BCUT2D eigenvalue weighted by atomic mass is 9.76. The van der Waals surface area contributed by atoms with Crippen LogP contribution in [0.15, 0.2) is 18.5 Å². The normalized spacial score (nSPS) is 19.3.